The van der Waals surface area contributed by atoms with Gasteiger partial charge in [-0.1, -0.05) is 29.8 Å². The van der Waals surface area contributed by atoms with E-state index in [4.69, 9.17) is 16.3 Å². The maximum Gasteiger partial charge on any atom is 0.270 e. The van der Waals surface area contributed by atoms with Crippen molar-refractivity contribution in [1.29, 1.82) is 0 Å². The Bertz CT molecular complexity index is 1790. The van der Waals surface area contributed by atoms with Crippen molar-refractivity contribution < 1.29 is 14.3 Å². The van der Waals surface area contributed by atoms with E-state index in [1.165, 1.54) is 23.7 Å². The minimum atomic E-state index is -0.934. The fraction of sp³-hybridized carbons (Fsp3) is 0.242. The normalized spacial score (nSPS) is 13.3. The van der Waals surface area contributed by atoms with Crippen molar-refractivity contribution in [2.24, 2.45) is 20.0 Å². The Labute approximate surface area is 260 Å². The van der Waals surface area contributed by atoms with E-state index in [1.807, 2.05) is 60.1 Å². The molecule has 1 aliphatic carbocycles. The number of rotatable bonds is 11. The van der Waals surface area contributed by atoms with Crippen LogP contribution in [0.15, 0.2) is 85.6 Å². The monoisotopic (exact) mass is 609 g/mol. The van der Waals surface area contributed by atoms with E-state index in [-0.39, 0.29) is 12.3 Å². The Morgan fingerprint density at radius 2 is 1.77 bits per heavy atom. The summed E-state index contributed by atoms with van der Waals surface area (Å²) in [6, 6.07) is 17.6. The highest BCUT2D eigenvalue weighted by atomic mass is 35.5. The molecule has 1 atom stereocenters. The predicted molar refractivity (Wildman–Crippen MR) is 168 cm³/mol. The van der Waals surface area contributed by atoms with Gasteiger partial charge >= 0.3 is 0 Å². The molecule has 0 aliphatic heterocycles. The Hall–Kier alpha value is -4.96. The van der Waals surface area contributed by atoms with E-state index in [9.17, 15) is 9.59 Å². The van der Waals surface area contributed by atoms with Crippen LogP contribution in [0.4, 0.5) is 5.69 Å². The lowest BCUT2D eigenvalue weighted by atomic mass is 9.99. The SMILES string of the molecule is Cn1cncc1-c1ccc(NC(=O)C(Cc2cc(-c3ccnc(OCC4CC4)c3)ccc2Cl)NC(=O)c2ccnn2C)cc1. The van der Waals surface area contributed by atoms with Crippen LogP contribution in [0.5, 0.6) is 5.88 Å². The average Bonchev–Trinajstić information content (AvgIpc) is 3.60. The zero-order valence-corrected chi connectivity index (χ0v) is 25.2. The molecule has 1 fully saturated rings. The van der Waals surface area contributed by atoms with Crippen LogP contribution in [0.2, 0.25) is 5.02 Å². The second-order valence-electron chi connectivity index (χ2n) is 11.0. The fourth-order valence-corrected chi connectivity index (χ4v) is 5.11. The van der Waals surface area contributed by atoms with Crippen LogP contribution < -0.4 is 15.4 Å². The van der Waals surface area contributed by atoms with Gasteiger partial charge in [0.2, 0.25) is 11.8 Å². The second-order valence-corrected chi connectivity index (χ2v) is 11.4. The Morgan fingerprint density at radius 3 is 2.48 bits per heavy atom. The first-order valence-corrected chi connectivity index (χ1v) is 14.8. The van der Waals surface area contributed by atoms with E-state index in [1.54, 1.807) is 37.9 Å². The molecule has 0 radical (unpaired) electrons. The Balaban J connectivity index is 1.23. The topological polar surface area (TPSA) is 116 Å². The summed E-state index contributed by atoms with van der Waals surface area (Å²) in [6.07, 6.45) is 9.32. The van der Waals surface area contributed by atoms with Crippen LogP contribution in [-0.2, 0) is 25.3 Å². The van der Waals surface area contributed by atoms with Crippen LogP contribution in [0.3, 0.4) is 0 Å². The molecule has 0 spiro atoms. The van der Waals surface area contributed by atoms with Crippen LogP contribution in [-0.4, -0.2) is 48.8 Å². The van der Waals surface area contributed by atoms with E-state index in [2.05, 4.69) is 25.7 Å². The first kappa shape index (κ1) is 29.1. The number of imidazole rings is 1. The van der Waals surface area contributed by atoms with Gasteiger partial charge in [0.1, 0.15) is 11.7 Å². The smallest absolute Gasteiger partial charge is 0.270 e. The van der Waals surface area contributed by atoms with Gasteiger partial charge in [-0.25, -0.2) is 9.97 Å². The molecule has 2 amide bonds. The number of nitrogens with one attached hydrogen (secondary N) is 2. The number of aromatic nitrogens is 5. The lowest BCUT2D eigenvalue weighted by Crippen LogP contribution is -2.45. The van der Waals surface area contributed by atoms with Crippen molar-refractivity contribution in [1.82, 2.24) is 29.6 Å². The van der Waals surface area contributed by atoms with E-state index < -0.39 is 11.9 Å². The van der Waals surface area contributed by atoms with E-state index in [0.717, 1.165) is 22.4 Å². The molecule has 44 heavy (non-hydrogen) atoms. The number of carbonyl (C=O) groups is 2. The Kier molecular flexibility index (Phi) is 8.42. The van der Waals surface area contributed by atoms with Gasteiger partial charge in [0.05, 0.1) is 24.8 Å². The van der Waals surface area contributed by atoms with Crippen LogP contribution in [0.25, 0.3) is 22.4 Å². The van der Waals surface area contributed by atoms with E-state index >= 15 is 0 Å². The van der Waals surface area contributed by atoms with Crippen molar-refractivity contribution in [3.63, 3.8) is 0 Å². The molecule has 224 valence electrons. The molecule has 1 aliphatic rings. The number of carbonyl (C=O) groups excluding carboxylic acids is 2. The minimum Gasteiger partial charge on any atom is -0.477 e. The number of pyridine rings is 1. The number of nitrogens with zero attached hydrogens (tertiary/aromatic N) is 5. The van der Waals surface area contributed by atoms with Crippen molar-refractivity contribution in [3.8, 4) is 28.3 Å². The molecule has 2 aromatic carbocycles. The molecular weight excluding hydrogens is 578 g/mol. The van der Waals surface area contributed by atoms with Gasteiger partial charge in [-0.2, -0.15) is 5.10 Å². The summed E-state index contributed by atoms with van der Waals surface area (Å²) in [7, 11) is 3.59. The lowest BCUT2D eigenvalue weighted by Gasteiger charge is -2.20. The molecule has 0 saturated heterocycles. The predicted octanol–water partition coefficient (Wildman–Crippen LogP) is 5.30. The third-order valence-corrected chi connectivity index (χ3v) is 8.01. The third kappa shape index (κ3) is 6.81. The Morgan fingerprint density at radius 1 is 1.00 bits per heavy atom. The lowest BCUT2D eigenvalue weighted by molar-refractivity contribution is -0.118. The van der Waals surface area contributed by atoms with Crippen molar-refractivity contribution in [3.05, 3.63) is 102 Å². The van der Waals surface area contributed by atoms with Gasteiger partial charge < -0.3 is 19.9 Å². The zero-order valence-electron chi connectivity index (χ0n) is 24.4. The highest BCUT2D eigenvalue weighted by molar-refractivity contribution is 6.31. The summed E-state index contributed by atoms with van der Waals surface area (Å²) in [4.78, 5) is 35.4. The fourth-order valence-electron chi connectivity index (χ4n) is 4.91. The number of benzene rings is 2. The standard InChI is InChI=1S/C33H32ClN7O3/c1-40-20-35-18-30(40)22-5-8-26(9-6-22)38-32(42)28(39-33(43)29-12-14-37-41(29)2)16-25-15-23(7-10-27(25)34)24-11-13-36-31(17-24)44-19-21-3-4-21/h5-15,17-18,20-21,28H,3-4,16,19H2,1-2H3,(H,38,42)(H,39,43). The highest BCUT2D eigenvalue weighted by Gasteiger charge is 2.25. The second kappa shape index (κ2) is 12.7. The summed E-state index contributed by atoms with van der Waals surface area (Å²) in [5.41, 5.74) is 5.36. The maximum absolute atomic E-state index is 13.7. The number of hydrogen-bond acceptors (Lipinski definition) is 6. The molecule has 1 unspecified atom stereocenters. The number of hydrogen-bond donors (Lipinski definition) is 2. The highest BCUT2D eigenvalue weighted by Crippen LogP contribution is 2.31. The maximum atomic E-state index is 13.7. The average molecular weight is 610 g/mol. The summed E-state index contributed by atoms with van der Waals surface area (Å²) in [5.74, 6) is 0.387. The summed E-state index contributed by atoms with van der Waals surface area (Å²) < 4.78 is 9.25. The van der Waals surface area contributed by atoms with Gasteiger partial charge in [-0.05, 0) is 77.4 Å². The molecule has 6 rings (SSSR count). The van der Waals surface area contributed by atoms with Gasteiger partial charge in [-0.3, -0.25) is 14.3 Å². The molecule has 1 saturated carbocycles. The third-order valence-electron chi connectivity index (χ3n) is 7.64. The molecule has 2 N–H and O–H groups in total. The van der Waals surface area contributed by atoms with Crippen molar-refractivity contribution in [2.75, 3.05) is 11.9 Å². The number of aryl methyl sites for hydroxylation is 2. The molecule has 11 heteroatoms. The van der Waals surface area contributed by atoms with Gasteiger partial charge in [-0.15, -0.1) is 0 Å². The molecule has 3 aromatic heterocycles. The number of amides is 2. The first-order valence-electron chi connectivity index (χ1n) is 14.4. The zero-order chi connectivity index (χ0) is 30.6. The summed E-state index contributed by atoms with van der Waals surface area (Å²) in [5, 5.41) is 10.4. The van der Waals surface area contributed by atoms with Crippen molar-refractivity contribution in [2.45, 2.75) is 25.3 Å². The first-order chi connectivity index (χ1) is 21.3. The molecule has 5 aromatic rings. The molecule has 0 bridgehead atoms. The molecular formula is C33H32ClN7O3. The van der Waals surface area contributed by atoms with Crippen LogP contribution in [0.1, 0.15) is 28.9 Å². The largest absolute Gasteiger partial charge is 0.477 e. The number of ether oxygens (including phenoxy) is 1. The van der Waals surface area contributed by atoms with Crippen LogP contribution in [0, 0.1) is 5.92 Å². The van der Waals surface area contributed by atoms with Crippen molar-refractivity contribution >= 4 is 29.1 Å². The van der Waals surface area contributed by atoms with Gasteiger partial charge in [0, 0.05) is 49.7 Å². The minimum absolute atomic E-state index is 0.158. The summed E-state index contributed by atoms with van der Waals surface area (Å²) >= 11 is 6.65. The summed E-state index contributed by atoms with van der Waals surface area (Å²) in [6.45, 7) is 0.668. The molecule has 10 nitrogen and oxygen atoms in total. The molecule has 3 heterocycles. The van der Waals surface area contributed by atoms with Crippen LogP contribution >= 0.6 is 11.6 Å². The number of halogens is 1. The van der Waals surface area contributed by atoms with Gasteiger partial charge in [0.15, 0.2) is 0 Å². The quantitative estimate of drug-likeness (QED) is 0.210. The van der Waals surface area contributed by atoms with E-state index in [0.29, 0.717) is 40.4 Å². The number of anilines is 1. The van der Waals surface area contributed by atoms with Gasteiger partial charge in [0.25, 0.3) is 5.91 Å².